The monoisotopic (exact) mass is 398 g/mol. The van der Waals surface area contributed by atoms with Crippen LogP contribution in [0.5, 0.6) is 0 Å². The topological polar surface area (TPSA) is 96.2 Å². The van der Waals surface area contributed by atoms with Crippen molar-refractivity contribution in [3.8, 4) is 11.3 Å². The van der Waals surface area contributed by atoms with Gasteiger partial charge in [0.05, 0.1) is 12.1 Å². The second-order valence-electron chi connectivity index (χ2n) is 6.38. The third-order valence-corrected chi connectivity index (χ3v) is 4.67. The summed E-state index contributed by atoms with van der Waals surface area (Å²) in [6.07, 6.45) is 3.09. The Bertz CT molecular complexity index is 936. The highest BCUT2D eigenvalue weighted by molar-refractivity contribution is 6.30. The molecule has 2 aromatic heterocycles. The molecule has 1 fully saturated rings. The number of halogens is 1. The molecule has 8 nitrogen and oxygen atoms in total. The first-order chi connectivity index (χ1) is 13.7. The Hall–Kier alpha value is -2.97. The second kappa shape index (κ2) is 8.37. The summed E-state index contributed by atoms with van der Waals surface area (Å²) in [6, 6.07) is 9.19. The van der Waals surface area contributed by atoms with E-state index in [0.717, 1.165) is 24.3 Å². The van der Waals surface area contributed by atoms with Crippen LogP contribution in [-0.2, 0) is 6.54 Å². The molecule has 1 aliphatic heterocycles. The number of amides is 1. The second-order valence-corrected chi connectivity index (χ2v) is 6.82. The molecule has 0 atom stereocenters. The van der Waals surface area contributed by atoms with Crippen LogP contribution < -0.4 is 10.6 Å². The molecule has 9 heteroatoms. The third kappa shape index (κ3) is 4.29. The van der Waals surface area contributed by atoms with Crippen molar-refractivity contribution in [1.29, 1.82) is 0 Å². The Morgan fingerprint density at radius 3 is 2.61 bits per heavy atom. The maximum absolute atomic E-state index is 12.4. The predicted molar refractivity (Wildman–Crippen MR) is 105 cm³/mol. The van der Waals surface area contributed by atoms with Crippen molar-refractivity contribution in [2.24, 2.45) is 0 Å². The average molecular weight is 399 g/mol. The number of piperazine rings is 1. The number of rotatable bonds is 5. The molecule has 4 rings (SSSR count). The lowest BCUT2D eigenvalue weighted by Crippen LogP contribution is -2.46. The summed E-state index contributed by atoms with van der Waals surface area (Å²) in [6.45, 7) is 3.41. The summed E-state index contributed by atoms with van der Waals surface area (Å²) in [4.78, 5) is 22.7. The van der Waals surface area contributed by atoms with Crippen LogP contribution >= 0.6 is 11.6 Å². The quantitative estimate of drug-likeness (QED) is 0.681. The van der Waals surface area contributed by atoms with Crippen molar-refractivity contribution in [3.63, 3.8) is 0 Å². The Morgan fingerprint density at radius 1 is 1.18 bits per heavy atom. The minimum absolute atomic E-state index is 0.0443. The predicted octanol–water partition coefficient (Wildman–Crippen LogP) is 2.44. The molecular formula is C19H19ClN6O2. The van der Waals surface area contributed by atoms with Crippen molar-refractivity contribution < 1.29 is 9.32 Å². The zero-order valence-corrected chi connectivity index (χ0v) is 15.8. The van der Waals surface area contributed by atoms with Crippen molar-refractivity contribution >= 4 is 23.5 Å². The molecule has 3 heterocycles. The van der Waals surface area contributed by atoms with Gasteiger partial charge in [0.2, 0.25) is 5.95 Å². The number of aromatic nitrogens is 3. The highest BCUT2D eigenvalue weighted by Gasteiger charge is 2.18. The van der Waals surface area contributed by atoms with E-state index in [4.69, 9.17) is 16.1 Å². The number of anilines is 1. The average Bonchev–Trinajstić information content (AvgIpc) is 3.22. The fourth-order valence-corrected chi connectivity index (χ4v) is 3.02. The zero-order chi connectivity index (χ0) is 19.3. The van der Waals surface area contributed by atoms with Crippen LogP contribution in [0.25, 0.3) is 11.3 Å². The van der Waals surface area contributed by atoms with E-state index >= 15 is 0 Å². The first-order valence-corrected chi connectivity index (χ1v) is 9.34. The number of hydrogen-bond acceptors (Lipinski definition) is 7. The van der Waals surface area contributed by atoms with Crippen molar-refractivity contribution in [1.82, 2.24) is 25.3 Å². The van der Waals surface area contributed by atoms with Crippen LogP contribution in [0.2, 0.25) is 5.02 Å². The van der Waals surface area contributed by atoms with Gasteiger partial charge in [-0.05, 0) is 24.3 Å². The Kier molecular flexibility index (Phi) is 5.50. The SMILES string of the molecule is O=C(c1cnc(NCc2cc(-c3ccc(Cl)cc3)on2)nc1)N1CCNCC1. The molecule has 1 aromatic carbocycles. The van der Waals surface area contributed by atoms with Crippen LogP contribution in [0, 0.1) is 0 Å². The van der Waals surface area contributed by atoms with Crippen LogP contribution in [0.3, 0.4) is 0 Å². The molecule has 1 aliphatic rings. The highest BCUT2D eigenvalue weighted by atomic mass is 35.5. The Labute approximate surface area is 166 Å². The first-order valence-electron chi connectivity index (χ1n) is 8.96. The van der Waals surface area contributed by atoms with Crippen LogP contribution in [0.4, 0.5) is 5.95 Å². The van der Waals surface area contributed by atoms with Crippen LogP contribution in [0.1, 0.15) is 16.1 Å². The maximum Gasteiger partial charge on any atom is 0.257 e. The summed E-state index contributed by atoms with van der Waals surface area (Å²) in [5.74, 6) is 1.04. The fraction of sp³-hybridized carbons (Fsp3) is 0.263. The molecule has 0 radical (unpaired) electrons. The van der Waals surface area contributed by atoms with Gasteiger partial charge in [-0.1, -0.05) is 16.8 Å². The number of carbonyl (C=O) groups excluding carboxylic acids is 1. The number of nitrogens with zero attached hydrogens (tertiary/aromatic N) is 4. The van der Waals surface area contributed by atoms with E-state index in [1.807, 2.05) is 18.2 Å². The lowest BCUT2D eigenvalue weighted by Gasteiger charge is -2.27. The third-order valence-electron chi connectivity index (χ3n) is 4.42. The number of hydrogen-bond donors (Lipinski definition) is 2. The molecular weight excluding hydrogens is 380 g/mol. The van der Waals surface area contributed by atoms with Gasteiger partial charge in [0.1, 0.15) is 5.69 Å². The molecule has 1 amide bonds. The molecule has 28 heavy (non-hydrogen) atoms. The summed E-state index contributed by atoms with van der Waals surface area (Å²) >= 11 is 5.90. The van der Waals surface area contributed by atoms with E-state index in [1.165, 1.54) is 0 Å². The van der Waals surface area contributed by atoms with Crippen LogP contribution in [0.15, 0.2) is 47.2 Å². The summed E-state index contributed by atoms with van der Waals surface area (Å²) < 4.78 is 5.37. The maximum atomic E-state index is 12.4. The highest BCUT2D eigenvalue weighted by Crippen LogP contribution is 2.22. The zero-order valence-electron chi connectivity index (χ0n) is 15.1. The number of nitrogens with one attached hydrogen (secondary N) is 2. The van der Waals surface area contributed by atoms with Gasteiger partial charge in [0, 0.05) is 55.2 Å². The van der Waals surface area contributed by atoms with Gasteiger partial charge in [-0.3, -0.25) is 4.79 Å². The lowest BCUT2D eigenvalue weighted by molar-refractivity contribution is 0.0735. The molecule has 0 spiro atoms. The van der Waals surface area contributed by atoms with Crippen molar-refractivity contribution in [3.05, 3.63) is 59.0 Å². The van der Waals surface area contributed by atoms with Crippen molar-refractivity contribution in [2.45, 2.75) is 6.54 Å². The van der Waals surface area contributed by atoms with Gasteiger partial charge in [-0.2, -0.15) is 0 Å². The molecule has 1 saturated heterocycles. The van der Waals surface area contributed by atoms with Gasteiger partial charge in [-0.15, -0.1) is 0 Å². The minimum Gasteiger partial charge on any atom is -0.356 e. The summed E-state index contributed by atoms with van der Waals surface area (Å²) in [7, 11) is 0. The lowest BCUT2D eigenvalue weighted by atomic mass is 10.1. The van der Waals surface area contributed by atoms with Gasteiger partial charge in [0.15, 0.2) is 5.76 Å². The minimum atomic E-state index is -0.0443. The number of carbonyl (C=O) groups is 1. The standard InChI is InChI=1S/C19H19ClN6O2/c20-15-3-1-13(2-4-15)17-9-16(25-28-17)12-24-19-22-10-14(11-23-19)18(27)26-7-5-21-6-8-26/h1-4,9-11,21H,5-8,12H2,(H,22,23,24). The van der Waals surface area contributed by atoms with Gasteiger partial charge in [0.25, 0.3) is 5.91 Å². The molecule has 0 saturated carbocycles. The van der Waals surface area contributed by atoms with Crippen LogP contribution in [-0.4, -0.2) is 52.1 Å². The Morgan fingerprint density at radius 2 is 1.89 bits per heavy atom. The van der Waals surface area contributed by atoms with E-state index in [1.54, 1.807) is 29.4 Å². The Balaban J connectivity index is 1.35. The number of benzene rings is 1. The molecule has 0 bridgehead atoms. The van der Waals surface area contributed by atoms with E-state index in [-0.39, 0.29) is 5.91 Å². The van der Waals surface area contributed by atoms with E-state index < -0.39 is 0 Å². The van der Waals surface area contributed by atoms with E-state index in [0.29, 0.717) is 41.9 Å². The van der Waals surface area contributed by atoms with Gasteiger partial charge < -0.3 is 20.1 Å². The molecule has 0 unspecified atom stereocenters. The molecule has 144 valence electrons. The smallest absolute Gasteiger partial charge is 0.257 e. The fourth-order valence-electron chi connectivity index (χ4n) is 2.90. The summed E-state index contributed by atoms with van der Waals surface area (Å²) in [5, 5.41) is 11.0. The molecule has 2 N–H and O–H groups in total. The largest absolute Gasteiger partial charge is 0.356 e. The van der Waals surface area contributed by atoms with Gasteiger partial charge in [-0.25, -0.2) is 9.97 Å². The van der Waals surface area contributed by atoms with E-state index in [2.05, 4.69) is 25.8 Å². The molecule has 0 aliphatic carbocycles. The summed E-state index contributed by atoms with van der Waals surface area (Å²) in [5.41, 5.74) is 2.10. The normalized spacial score (nSPS) is 14.1. The molecule has 3 aromatic rings. The van der Waals surface area contributed by atoms with E-state index in [9.17, 15) is 4.79 Å². The van der Waals surface area contributed by atoms with Crippen molar-refractivity contribution in [2.75, 3.05) is 31.5 Å². The van der Waals surface area contributed by atoms with Gasteiger partial charge >= 0.3 is 0 Å². The first kappa shape index (κ1) is 18.4.